The van der Waals surface area contributed by atoms with Crippen LogP contribution in [-0.4, -0.2) is 30.0 Å². The Kier molecular flexibility index (Phi) is 5.40. The largest absolute Gasteiger partial charge is 0.396 e. The highest BCUT2D eigenvalue weighted by Gasteiger charge is 2.22. The van der Waals surface area contributed by atoms with Gasteiger partial charge < -0.3 is 15.5 Å². The van der Waals surface area contributed by atoms with Crippen LogP contribution in [0.2, 0.25) is 5.02 Å². The summed E-state index contributed by atoms with van der Waals surface area (Å²) in [6.07, 6.45) is 0. The molecule has 0 aliphatic heterocycles. The molecule has 96 valence electrons. The topological polar surface area (TPSA) is 52.5 Å². The molecule has 0 aromatic heterocycles. The van der Waals surface area contributed by atoms with Gasteiger partial charge >= 0.3 is 0 Å². The van der Waals surface area contributed by atoms with Gasteiger partial charge in [0.05, 0.1) is 13.2 Å². The second kappa shape index (κ2) is 6.36. The van der Waals surface area contributed by atoms with Crippen LogP contribution in [0.5, 0.6) is 0 Å². The quantitative estimate of drug-likeness (QED) is 0.731. The zero-order chi connectivity index (χ0) is 12.9. The Labute approximate surface area is 107 Å². The second-order valence-corrected chi connectivity index (χ2v) is 5.22. The summed E-state index contributed by atoms with van der Waals surface area (Å²) in [7, 11) is 0. The van der Waals surface area contributed by atoms with Gasteiger partial charge in [0.25, 0.3) is 0 Å². The summed E-state index contributed by atoms with van der Waals surface area (Å²) in [5, 5.41) is 22.4. The fourth-order valence-electron chi connectivity index (χ4n) is 1.46. The lowest BCUT2D eigenvalue weighted by Crippen LogP contribution is -2.38. The molecule has 0 aliphatic carbocycles. The first-order valence-electron chi connectivity index (χ1n) is 5.71. The van der Waals surface area contributed by atoms with E-state index in [1.54, 1.807) is 0 Å². The van der Waals surface area contributed by atoms with E-state index in [1.807, 2.05) is 38.1 Å². The van der Waals surface area contributed by atoms with Gasteiger partial charge in [-0.3, -0.25) is 0 Å². The average molecular weight is 258 g/mol. The summed E-state index contributed by atoms with van der Waals surface area (Å²) in [5.41, 5.74) is 0.600. The first kappa shape index (κ1) is 14.5. The van der Waals surface area contributed by atoms with E-state index in [2.05, 4.69) is 5.32 Å². The molecule has 17 heavy (non-hydrogen) atoms. The maximum atomic E-state index is 9.19. The fourth-order valence-corrected chi connectivity index (χ4v) is 1.65. The molecular weight excluding hydrogens is 238 g/mol. The molecule has 0 aliphatic rings. The number of nitrogens with one attached hydrogen (secondary N) is 1. The van der Waals surface area contributed by atoms with Gasteiger partial charge in [0.1, 0.15) is 0 Å². The second-order valence-electron chi connectivity index (χ2n) is 4.78. The smallest absolute Gasteiger partial charge is 0.0519 e. The third-order valence-corrected chi connectivity index (χ3v) is 3.18. The van der Waals surface area contributed by atoms with Gasteiger partial charge in [-0.2, -0.15) is 0 Å². The van der Waals surface area contributed by atoms with Crippen molar-refractivity contribution in [2.24, 2.45) is 5.41 Å². The standard InChI is InChI=1S/C13H20ClNO2/c1-10(11-4-3-5-12(14)6-11)15-7-13(2,8-16)9-17/h3-6,10,15-17H,7-9H2,1-2H3. The van der Waals surface area contributed by atoms with Crippen LogP contribution in [-0.2, 0) is 0 Å². The van der Waals surface area contributed by atoms with Crippen molar-refractivity contribution in [2.45, 2.75) is 19.9 Å². The Morgan fingerprint density at radius 1 is 1.35 bits per heavy atom. The van der Waals surface area contributed by atoms with Crippen molar-refractivity contribution < 1.29 is 10.2 Å². The molecule has 1 rings (SSSR count). The van der Waals surface area contributed by atoms with Gasteiger partial charge in [-0.25, -0.2) is 0 Å². The molecule has 3 nitrogen and oxygen atoms in total. The molecular formula is C13H20ClNO2. The first-order chi connectivity index (χ1) is 8.00. The molecule has 0 amide bonds. The molecule has 0 radical (unpaired) electrons. The van der Waals surface area contributed by atoms with Crippen LogP contribution in [0.4, 0.5) is 0 Å². The van der Waals surface area contributed by atoms with E-state index in [1.165, 1.54) is 0 Å². The Morgan fingerprint density at radius 3 is 2.53 bits per heavy atom. The van der Waals surface area contributed by atoms with Gasteiger partial charge in [0.2, 0.25) is 0 Å². The number of hydrogen-bond donors (Lipinski definition) is 3. The van der Waals surface area contributed by atoms with E-state index in [0.717, 1.165) is 5.56 Å². The molecule has 1 aromatic carbocycles. The molecule has 1 unspecified atom stereocenters. The summed E-state index contributed by atoms with van der Waals surface area (Å²) in [6.45, 7) is 4.33. The van der Waals surface area contributed by atoms with Crippen LogP contribution in [0.1, 0.15) is 25.5 Å². The predicted molar refractivity (Wildman–Crippen MR) is 70.1 cm³/mol. The Balaban J connectivity index is 2.58. The van der Waals surface area contributed by atoms with Crippen LogP contribution < -0.4 is 5.32 Å². The maximum Gasteiger partial charge on any atom is 0.0519 e. The Bertz CT molecular complexity index is 353. The van der Waals surface area contributed by atoms with Crippen molar-refractivity contribution in [1.82, 2.24) is 5.32 Å². The third-order valence-electron chi connectivity index (χ3n) is 2.95. The van der Waals surface area contributed by atoms with Crippen LogP contribution >= 0.6 is 11.6 Å². The van der Waals surface area contributed by atoms with Gasteiger partial charge in [-0.15, -0.1) is 0 Å². The molecule has 4 heteroatoms. The van der Waals surface area contributed by atoms with E-state index >= 15 is 0 Å². The van der Waals surface area contributed by atoms with Crippen LogP contribution in [0.25, 0.3) is 0 Å². The van der Waals surface area contributed by atoms with Gasteiger partial charge in [-0.05, 0) is 24.6 Å². The SMILES string of the molecule is CC(NCC(C)(CO)CO)c1cccc(Cl)c1. The van der Waals surface area contributed by atoms with Crippen LogP contribution in [0, 0.1) is 5.41 Å². The first-order valence-corrected chi connectivity index (χ1v) is 6.09. The van der Waals surface area contributed by atoms with E-state index in [4.69, 9.17) is 11.6 Å². The molecule has 0 saturated carbocycles. The summed E-state index contributed by atoms with van der Waals surface area (Å²) >= 11 is 5.93. The number of aliphatic hydroxyl groups excluding tert-OH is 2. The number of aliphatic hydroxyl groups is 2. The number of benzene rings is 1. The van der Waals surface area contributed by atoms with Crippen molar-refractivity contribution in [3.05, 3.63) is 34.9 Å². The normalized spacial score (nSPS) is 13.7. The number of halogens is 1. The molecule has 0 heterocycles. The predicted octanol–water partition coefficient (Wildman–Crippen LogP) is 1.98. The number of rotatable bonds is 6. The van der Waals surface area contributed by atoms with Crippen molar-refractivity contribution >= 4 is 11.6 Å². The molecule has 0 fully saturated rings. The van der Waals surface area contributed by atoms with E-state index in [-0.39, 0.29) is 19.3 Å². The molecule has 1 aromatic rings. The van der Waals surface area contributed by atoms with Gasteiger partial charge in [0, 0.05) is 23.0 Å². The van der Waals surface area contributed by atoms with Crippen LogP contribution in [0.15, 0.2) is 24.3 Å². The molecule has 0 saturated heterocycles. The van der Waals surface area contributed by atoms with Gasteiger partial charge in [-0.1, -0.05) is 30.7 Å². The molecule has 3 N–H and O–H groups in total. The van der Waals surface area contributed by atoms with E-state index in [0.29, 0.717) is 11.6 Å². The van der Waals surface area contributed by atoms with Crippen molar-refractivity contribution in [3.63, 3.8) is 0 Å². The maximum absolute atomic E-state index is 9.19. The lowest BCUT2D eigenvalue weighted by molar-refractivity contribution is 0.0677. The minimum atomic E-state index is -0.493. The molecule has 0 spiro atoms. The van der Waals surface area contributed by atoms with Crippen molar-refractivity contribution in [3.8, 4) is 0 Å². The third kappa shape index (κ3) is 4.28. The van der Waals surface area contributed by atoms with E-state index in [9.17, 15) is 10.2 Å². The molecule has 1 atom stereocenters. The lowest BCUT2D eigenvalue weighted by atomic mass is 9.92. The van der Waals surface area contributed by atoms with Crippen LogP contribution in [0.3, 0.4) is 0 Å². The highest BCUT2D eigenvalue weighted by Crippen LogP contribution is 2.19. The zero-order valence-corrected chi connectivity index (χ0v) is 11.0. The summed E-state index contributed by atoms with van der Waals surface area (Å²) in [5.74, 6) is 0. The average Bonchev–Trinajstić information content (AvgIpc) is 2.35. The van der Waals surface area contributed by atoms with Crippen molar-refractivity contribution in [2.75, 3.05) is 19.8 Å². The summed E-state index contributed by atoms with van der Waals surface area (Å²) in [6, 6.07) is 7.79. The highest BCUT2D eigenvalue weighted by molar-refractivity contribution is 6.30. The highest BCUT2D eigenvalue weighted by atomic mass is 35.5. The summed E-state index contributed by atoms with van der Waals surface area (Å²) < 4.78 is 0. The Hall–Kier alpha value is -0.610. The van der Waals surface area contributed by atoms with Gasteiger partial charge in [0.15, 0.2) is 0 Å². The minimum absolute atomic E-state index is 0.0429. The monoisotopic (exact) mass is 257 g/mol. The zero-order valence-electron chi connectivity index (χ0n) is 10.3. The van der Waals surface area contributed by atoms with E-state index < -0.39 is 5.41 Å². The van der Waals surface area contributed by atoms with Crippen molar-refractivity contribution in [1.29, 1.82) is 0 Å². The lowest BCUT2D eigenvalue weighted by Gasteiger charge is -2.27. The minimum Gasteiger partial charge on any atom is -0.396 e. The summed E-state index contributed by atoms with van der Waals surface area (Å²) in [4.78, 5) is 0. The number of hydrogen-bond acceptors (Lipinski definition) is 3. The molecule has 0 bridgehead atoms. The Morgan fingerprint density at radius 2 is 2.00 bits per heavy atom. The fraction of sp³-hybridized carbons (Fsp3) is 0.538.